The van der Waals surface area contributed by atoms with Crippen molar-refractivity contribution in [3.63, 3.8) is 0 Å². The quantitative estimate of drug-likeness (QED) is 0.0219. The maximum absolute atomic E-state index is 12.8. The van der Waals surface area contributed by atoms with Gasteiger partial charge < -0.3 is 4.74 Å². The van der Waals surface area contributed by atoms with Crippen molar-refractivity contribution in [3.05, 3.63) is 0 Å². The fourth-order valence-corrected chi connectivity index (χ4v) is 7.89. The van der Waals surface area contributed by atoms with Gasteiger partial charge in [-0.3, -0.25) is 4.79 Å². The third-order valence-electron chi connectivity index (χ3n) is 8.91. The Bertz CT molecular complexity index is 704. The molecule has 0 aliphatic rings. The van der Waals surface area contributed by atoms with Gasteiger partial charge in [-0.25, -0.2) is 0 Å². The molecule has 2 unspecified atom stereocenters. The van der Waals surface area contributed by atoms with Gasteiger partial charge >= 0.3 is 191 Å². The molecule has 0 saturated heterocycles. The minimum absolute atomic E-state index is 0.000613. The van der Waals surface area contributed by atoms with Crippen molar-refractivity contribution in [1.82, 2.24) is 4.90 Å². The summed E-state index contributed by atoms with van der Waals surface area (Å²) >= 11 is -0.313. The topological polar surface area (TPSA) is 65.1 Å². The molecular formula is C39H77INO5-. The molecule has 6 nitrogen and oxygen atoms in total. The normalized spacial score (nSPS) is 13.2. The zero-order chi connectivity index (χ0) is 34.3. The second kappa shape index (κ2) is 31.7. The number of hydrogen-bond acceptors (Lipinski definition) is 6. The van der Waals surface area contributed by atoms with Crippen LogP contribution in [0.4, 0.5) is 4.79 Å². The molecule has 46 heavy (non-hydrogen) atoms. The van der Waals surface area contributed by atoms with Gasteiger partial charge in [-0.1, -0.05) is 65.7 Å². The van der Waals surface area contributed by atoms with E-state index >= 15 is 0 Å². The van der Waals surface area contributed by atoms with E-state index in [9.17, 15) is 9.59 Å². The molecule has 0 aliphatic heterocycles. The van der Waals surface area contributed by atoms with Crippen molar-refractivity contribution < 1.29 is 45.0 Å². The summed E-state index contributed by atoms with van der Waals surface area (Å²) in [6.07, 6.45) is 27.1. The van der Waals surface area contributed by atoms with E-state index in [0.717, 1.165) is 75.3 Å². The first-order chi connectivity index (χ1) is 22.2. The fraction of sp³-hybridized carbons (Fsp3) is 0.949. The van der Waals surface area contributed by atoms with Crippen LogP contribution in [0, 0.1) is 5.92 Å². The Morgan fingerprint density at radius 3 is 1.70 bits per heavy atom. The standard InChI is InChI=1S/C39H77INO5/c1-8-12-15-17-18-21-25-30-36(45-38(43)46-39(5,6)40-34-41(7)11-4)31-26-22-19-20-23-27-32-44-37(42)33-35(28-14-10-3)29-24-16-13-9-2/h35-36H,8-34H2,1-7H3/q-1. The number of esters is 1. The molecule has 0 bridgehead atoms. The molecule has 0 fully saturated rings. The molecular weight excluding hydrogens is 689 g/mol. The van der Waals surface area contributed by atoms with Gasteiger partial charge in [-0.05, 0) is 18.8 Å². The Hall–Kier alpha value is -0.570. The fourth-order valence-electron chi connectivity index (χ4n) is 5.67. The molecule has 0 aromatic rings. The summed E-state index contributed by atoms with van der Waals surface area (Å²) in [6, 6.07) is 0. The summed E-state index contributed by atoms with van der Waals surface area (Å²) < 4.78 is 17.9. The molecule has 7 heteroatoms. The number of carbonyl (C=O) groups excluding carboxylic acids is 2. The summed E-state index contributed by atoms with van der Waals surface area (Å²) in [7, 11) is 2.11. The van der Waals surface area contributed by atoms with Crippen LogP contribution >= 0.6 is 0 Å². The number of alkyl halides is 2. The van der Waals surface area contributed by atoms with Crippen LogP contribution in [0.3, 0.4) is 0 Å². The molecule has 0 rings (SSSR count). The molecule has 0 aliphatic carbocycles. The van der Waals surface area contributed by atoms with Gasteiger partial charge in [0, 0.05) is 6.42 Å². The Morgan fingerprint density at radius 1 is 0.652 bits per heavy atom. The first-order valence-corrected chi connectivity index (χ1v) is 22.1. The van der Waals surface area contributed by atoms with Crippen molar-refractivity contribution in [2.75, 3.05) is 24.8 Å². The van der Waals surface area contributed by atoms with Crippen molar-refractivity contribution in [1.29, 1.82) is 0 Å². The van der Waals surface area contributed by atoms with E-state index in [0.29, 0.717) is 18.9 Å². The summed E-state index contributed by atoms with van der Waals surface area (Å²) in [6.45, 7) is 14.5. The predicted molar refractivity (Wildman–Crippen MR) is 191 cm³/mol. The molecule has 0 N–H and O–H groups in total. The van der Waals surface area contributed by atoms with Crippen LogP contribution in [0.5, 0.6) is 0 Å². The second-order valence-electron chi connectivity index (χ2n) is 14.0. The monoisotopic (exact) mass is 766 g/mol. The van der Waals surface area contributed by atoms with Gasteiger partial charge in [-0.15, -0.1) is 0 Å². The van der Waals surface area contributed by atoms with Crippen LogP contribution in [-0.2, 0) is 19.0 Å². The van der Waals surface area contributed by atoms with Gasteiger partial charge in [0.25, 0.3) is 0 Å². The molecule has 2 atom stereocenters. The van der Waals surface area contributed by atoms with Crippen molar-refractivity contribution in [2.24, 2.45) is 5.92 Å². The Kier molecular flexibility index (Phi) is 31.3. The summed E-state index contributed by atoms with van der Waals surface area (Å²) in [5.74, 6) is 0.492. The van der Waals surface area contributed by atoms with Crippen LogP contribution in [0.1, 0.15) is 196 Å². The zero-order valence-corrected chi connectivity index (χ0v) is 33.8. The van der Waals surface area contributed by atoms with Gasteiger partial charge in [0.1, 0.15) is 0 Å². The van der Waals surface area contributed by atoms with Crippen molar-refractivity contribution in [3.8, 4) is 0 Å². The second-order valence-corrected chi connectivity index (χ2v) is 18.0. The molecule has 0 aromatic carbocycles. The average Bonchev–Trinajstić information content (AvgIpc) is 3.02. The number of unbranched alkanes of at least 4 members (excludes halogenated alkanes) is 15. The van der Waals surface area contributed by atoms with Crippen molar-refractivity contribution >= 4 is 12.1 Å². The van der Waals surface area contributed by atoms with Crippen molar-refractivity contribution in [2.45, 2.75) is 205 Å². The van der Waals surface area contributed by atoms with Crippen LogP contribution in [0.15, 0.2) is 0 Å². The van der Waals surface area contributed by atoms with Gasteiger partial charge in [0.05, 0.1) is 6.61 Å². The van der Waals surface area contributed by atoms with Gasteiger partial charge in [-0.2, -0.15) is 0 Å². The minimum atomic E-state index is -0.487. The van der Waals surface area contributed by atoms with E-state index in [-0.39, 0.29) is 33.3 Å². The number of halogens is 1. The first kappa shape index (κ1) is 45.4. The van der Waals surface area contributed by atoms with E-state index in [2.05, 4.69) is 39.6 Å². The number of nitrogens with zero attached hydrogens (tertiary/aromatic N) is 1. The number of carbonyl (C=O) groups is 2. The van der Waals surface area contributed by atoms with E-state index in [1.54, 1.807) is 0 Å². The molecule has 276 valence electrons. The van der Waals surface area contributed by atoms with Crippen LogP contribution in [0.2, 0.25) is 0 Å². The summed E-state index contributed by atoms with van der Waals surface area (Å²) in [4.78, 5) is 27.5. The van der Waals surface area contributed by atoms with Gasteiger partial charge in [0.2, 0.25) is 0 Å². The summed E-state index contributed by atoms with van der Waals surface area (Å²) in [5, 5.41) is 0. The number of ether oxygens (including phenoxy) is 3. The molecule has 0 saturated carbocycles. The van der Waals surface area contributed by atoms with E-state index in [1.165, 1.54) is 83.5 Å². The number of rotatable bonds is 33. The zero-order valence-electron chi connectivity index (χ0n) is 31.6. The Balaban J connectivity index is 4.37. The molecule has 0 radical (unpaired) electrons. The predicted octanol–water partition coefficient (Wildman–Crippen LogP) is 8.82. The molecule has 0 aromatic heterocycles. The van der Waals surface area contributed by atoms with E-state index in [4.69, 9.17) is 14.2 Å². The molecule has 0 amide bonds. The maximum atomic E-state index is 12.8. The SMILES string of the molecule is CCCCCCCCCC(CCCCCCCCOC(=O)CC(CCCC)CCCCCC)OC(=O)OC(C)(C)[I-]CN(C)CC. The third-order valence-corrected chi connectivity index (χ3v) is 12.5. The summed E-state index contributed by atoms with van der Waals surface area (Å²) in [5.41, 5.74) is 0. The van der Waals surface area contributed by atoms with Crippen LogP contribution in [-0.4, -0.2) is 51.5 Å². The van der Waals surface area contributed by atoms with E-state index < -0.39 is 9.76 Å². The number of hydrogen-bond donors (Lipinski definition) is 0. The van der Waals surface area contributed by atoms with E-state index in [1.807, 2.05) is 13.8 Å². The van der Waals surface area contributed by atoms with Crippen LogP contribution in [0.25, 0.3) is 0 Å². The Morgan fingerprint density at radius 2 is 1.13 bits per heavy atom. The molecule has 0 heterocycles. The Labute approximate surface area is 296 Å². The third kappa shape index (κ3) is 29.6. The van der Waals surface area contributed by atoms with Crippen LogP contribution < -0.4 is 21.2 Å². The average molecular weight is 767 g/mol. The first-order valence-electron chi connectivity index (χ1n) is 19.5. The molecule has 0 spiro atoms. The van der Waals surface area contributed by atoms with Gasteiger partial charge in [0.15, 0.2) is 0 Å².